The predicted octanol–water partition coefficient (Wildman–Crippen LogP) is 4.04. The summed E-state index contributed by atoms with van der Waals surface area (Å²) in [5.41, 5.74) is 6.45. The van der Waals surface area contributed by atoms with Crippen molar-refractivity contribution in [2.75, 3.05) is 19.7 Å². The molecule has 3 aromatic carbocycles. The molecule has 1 spiro atoms. The van der Waals surface area contributed by atoms with Gasteiger partial charge in [-0.15, -0.1) is 0 Å². The Kier molecular flexibility index (Phi) is 5.77. The number of nitrogens with one attached hydrogen (secondary N) is 1. The van der Waals surface area contributed by atoms with Gasteiger partial charge in [0.25, 0.3) is 5.91 Å². The van der Waals surface area contributed by atoms with E-state index < -0.39 is 6.04 Å². The Morgan fingerprint density at radius 2 is 1.64 bits per heavy atom. The van der Waals surface area contributed by atoms with Crippen molar-refractivity contribution >= 4 is 17.7 Å². The molecule has 7 heteroatoms. The van der Waals surface area contributed by atoms with Gasteiger partial charge in [0.1, 0.15) is 11.8 Å². The second-order valence-electron chi connectivity index (χ2n) is 11.3. The number of rotatable bonds is 4. The SMILES string of the molecule is O=C1CCC(N2Cc3c(ccc4c3OCC43CCN(Cc4ccc(-c5ccccc5)cc4)CC3)C2=O)C(=O)N1. The largest absolute Gasteiger partial charge is 0.492 e. The van der Waals surface area contributed by atoms with E-state index in [1.54, 1.807) is 4.90 Å². The molecule has 2 fully saturated rings. The van der Waals surface area contributed by atoms with Crippen molar-refractivity contribution in [3.8, 4) is 16.9 Å². The molecule has 1 atom stereocenters. The molecule has 3 aromatic rings. The maximum Gasteiger partial charge on any atom is 0.255 e. The first-order chi connectivity index (χ1) is 19.0. The molecule has 4 aliphatic rings. The standard InChI is InChI=1S/C32H31N3O4/c36-28-13-12-27(30(37)33-28)35-19-25-24(31(35)38)10-11-26-29(25)39-20-32(26)14-16-34(17-15-32)18-21-6-8-23(9-7-21)22-4-2-1-3-5-22/h1-11,27H,12-20H2,(H,33,36,37). The fourth-order valence-electron chi connectivity index (χ4n) is 6.73. The summed E-state index contributed by atoms with van der Waals surface area (Å²) in [7, 11) is 0. The third kappa shape index (κ3) is 4.12. The average molecular weight is 522 g/mol. The Balaban J connectivity index is 1.03. The molecule has 0 aliphatic carbocycles. The summed E-state index contributed by atoms with van der Waals surface area (Å²) in [6.45, 7) is 3.89. The normalized spacial score (nSPS) is 22.0. The van der Waals surface area contributed by atoms with Crippen molar-refractivity contribution in [1.29, 1.82) is 0 Å². The van der Waals surface area contributed by atoms with E-state index in [1.165, 1.54) is 22.3 Å². The van der Waals surface area contributed by atoms with E-state index in [0.717, 1.165) is 43.8 Å². The summed E-state index contributed by atoms with van der Waals surface area (Å²) < 4.78 is 6.32. The van der Waals surface area contributed by atoms with Crippen LogP contribution in [0, 0.1) is 0 Å². The number of ether oxygens (including phenoxy) is 1. The van der Waals surface area contributed by atoms with E-state index in [4.69, 9.17) is 4.74 Å². The summed E-state index contributed by atoms with van der Waals surface area (Å²) >= 11 is 0. The van der Waals surface area contributed by atoms with Crippen LogP contribution in [-0.2, 0) is 28.1 Å². The molecule has 39 heavy (non-hydrogen) atoms. The van der Waals surface area contributed by atoms with Crippen LogP contribution in [0.2, 0.25) is 0 Å². The zero-order chi connectivity index (χ0) is 26.6. The van der Waals surface area contributed by atoms with Gasteiger partial charge in [0.2, 0.25) is 11.8 Å². The van der Waals surface area contributed by atoms with Gasteiger partial charge in [-0.3, -0.25) is 24.6 Å². The van der Waals surface area contributed by atoms with Crippen molar-refractivity contribution < 1.29 is 19.1 Å². The molecule has 7 nitrogen and oxygen atoms in total. The molecule has 1 N–H and O–H groups in total. The van der Waals surface area contributed by atoms with Crippen LogP contribution in [0.4, 0.5) is 0 Å². The highest BCUT2D eigenvalue weighted by Crippen LogP contribution is 2.49. The number of amides is 3. The number of nitrogens with zero attached hydrogens (tertiary/aromatic N) is 2. The van der Waals surface area contributed by atoms with Crippen molar-refractivity contribution in [2.45, 2.75) is 50.2 Å². The van der Waals surface area contributed by atoms with E-state index in [-0.39, 0.29) is 29.6 Å². The minimum Gasteiger partial charge on any atom is -0.492 e. The van der Waals surface area contributed by atoms with Crippen LogP contribution in [0.3, 0.4) is 0 Å². The monoisotopic (exact) mass is 521 g/mol. The highest BCUT2D eigenvalue weighted by atomic mass is 16.5. The van der Waals surface area contributed by atoms with Gasteiger partial charge < -0.3 is 9.64 Å². The maximum atomic E-state index is 13.2. The molecule has 198 valence electrons. The Labute approximate surface area is 227 Å². The van der Waals surface area contributed by atoms with Gasteiger partial charge in [0.05, 0.1) is 13.2 Å². The summed E-state index contributed by atoms with van der Waals surface area (Å²) in [4.78, 5) is 41.4. The van der Waals surface area contributed by atoms with Crippen LogP contribution in [0.15, 0.2) is 66.7 Å². The second-order valence-corrected chi connectivity index (χ2v) is 11.3. The Morgan fingerprint density at radius 1 is 0.897 bits per heavy atom. The lowest BCUT2D eigenvalue weighted by Crippen LogP contribution is -2.52. The van der Waals surface area contributed by atoms with Crippen LogP contribution in [0.25, 0.3) is 11.1 Å². The lowest BCUT2D eigenvalue weighted by atomic mass is 9.74. The van der Waals surface area contributed by atoms with E-state index in [1.807, 2.05) is 12.1 Å². The zero-order valence-corrected chi connectivity index (χ0v) is 21.8. The van der Waals surface area contributed by atoms with E-state index >= 15 is 0 Å². The number of benzene rings is 3. The van der Waals surface area contributed by atoms with E-state index in [2.05, 4.69) is 64.8 Å². The summed E-state index contributed by atoms with van der Waals surface area (Å²) in [5, 5.41) is 2.38. The molecular formula is C32H31N3O4. The number of hydrogen-bond acceptors (Lipinski definition) is 5. The number of piperidine rings is 2. The van der Waals surface area contributed by atoms with Crippen molar-refractivity contribution in [3.05, 3.63) is 89.0 Å². The Morgan fingerprint density at radius 3 is 2.38 bits per heavy atom. The second kappa shape index (κ2) is 9.35. The highest BCUT2D eigenvalue weighted by Gasteiger charge is 2.47. The van der Waals surface area contributed by atoms with E-state index in [9.17, 15) is 14.4 Å². The quantitative estimate of drug-likeness (QED) is 0.525. The molecule has 0 saturated carbocycles. The predicted molar refractivity (Wildman–Crippen MR) is 146 cm³/mol. The number of fused-ring (bicyclic) bond motifs is 4. The highest BCUT2D eigenvalue weighted by molar-refractivity contribution is 6.05. The number of imide groups is 1. The average Bonchev–Trinajstić information content (AvgIpc) is 3.49. The van der Waals surface area contributed by atoms with Gasteiger partial charge in [0.15, 0.2) is 0 Å². The third-order valence-electron chi connectivity index (χ3n) is 9.01. The van der Waals surface area contributed by atoms with Gasteiger partial charge in [-0.05, 0) is 55.1 Å². The Hall–Kier alpha value is -3.97. The first kappa shape index (κ1) is 24.1. The molecule has 7 rings (SSSR count). The first-order valence-corrected chi connectivity index (χ1v) is 13.8. The number of likely N-dealkylation sites (tertiary alicyclic amines) is 1. The Bertz CT molecular complexity index is 1460. The van der Waals surface area contributed by atoms with Crippen molar-refractivity contribution in [3.63, 3.8) is 0 Å². The lowest BCUT2D eigenvalue weighted by molar-refractivity contribution is -0.136. The van der Waals surface area contributed by atoms with E-state index in [0.29, 0.717) is 25.1 Å². The number of carbonyl (C=O) groups is 3. The summed E-state index contributed by atoms with van der Waals surface area (Å²) in [6.07, 6.45) is 2.63. The number of carbonyl (C=O) groups excluding carboxylic acids is 3. The van der Waals surface area contributed by atoms with Crippen LogP contribution < -0.4 is 10.1 Å². The minimum atomic E-state index is -0.612. The molecule has 0 radical (unpaired) electrons. The lowest BCUT2D eigenvalue weighted by Gasteiger charge is -2.38. The third-order valence-corrected chi connectivity index (χ3v) is 9.01. The summed E-state index contributed by atoms with van der Waals surface area (Å²) in [5.74, 6) is 0.0196. The molecule has 4 aliphatic heterocycles. The molecule has 0 aromatic heterocycles. The molecular weight excluding hydrogens is 490 g/mol. The molecule has 3 amide bonds. The smallest absolute Gasteiger partial charge is 0.255 e. The summed E-state index contributed by atoms with van der Waals surface area (Å²) in [6, 6.07) is 22.7. The van der Waals surface area contributed by atoms with Gasteiger partial charge in [-0.1, -0.05) is 60.7 Å². The van der Waals surface area contributed by atoms with Crippen LogP contribution in [-0.4, -0.2) is 53.3 Å². The van der Waals surface area contributed by atoms with Gasteiger partial charge in [-0.2, -0.15) is 0 Å². The van der Waals surface area contributed by atoms with Gasteiger partial charge in [-0.25, -0.2) is 0 Å². The minimum absolute atomic E-state index is 0.0386. The molecule has 0 bridgehead atoms. The number of hydrogen-bond donors (Lipinski definition) is 1. The fraction of sp³-hybridized carbons (Fsp3) is 0.344. The van der Waals surface area contributed by atoms with Crippen LogP contribution >= 0.6 is 0 Å². The first-order valence-electron chi connectivity index (χ1n) is 13.8. The topological polar surface area (TPSA) is 79.0 Å². The fourth-order valence-corrected chi connectivity index (χ4v) is 6.73. The van der Waals surface area contributed by atoms with Crippen molar-refractivity contribution in [1.82, 2.24) is 15.1 Å². The molecule has 1 unspecified atom stereocenters. The van der Waals surface area contributed by atoms with Crippen molar-refractivity contribution in [2.24, 2.45) is 0 Å². The van der Waals surface area contributed by atoms with Gasteiger partial charge >= 0.3 is 0 Å². The van der Waals surface area contributed by atoms with Crippen LogP contribution in [0.1, 0.15) is 52.7 Å². The maximum absolute atomic E-state index is 13.2. The van der Waals surface area contributed by atoms with Gasteiger partial charge in [0, 0.05) is 35.1 Å². The van der Waals surface area contributed by atoms with Crippen LogP contribution in [0.5, 0.6) is 5.75 Å². The molecule has 2 saturated heterocycles. The molecule has 4 heterocycles. The zero-order valence-electron chi connectivity index (χ0n) is 21.8.